The molecule has 1 aliphatic rings. The van der Waals surface area contributed by atoms with Gasteiger partial charge in [0.2, 0.25) is 0 Å². The second-order valence-electron chi connectivity index (χ2n) is 4.58. The molecule has 0 amide bonds. The van der Waals surface area contributed by atoms with Gasteiger partial charge in [0.05, 0.1) is 20.3 Å². The number of esters is 1. The number of ether oxygens (including phenoxy) is 3. The minimum Gasteiger partial charge on any atom is -0.469 e. The molecule has 1 saturated heterocycles. The Kier molecular flexibility index (Phi) is 3.50. The van der Waals surface area contributed by atoms with Crippen molar-refractivity contribution in [1.82, 2.24) is 0 Å². The molecule has 0 unspecified atom stereocenters. The second-order valence-corrected chi connectivity index (χ2v) is 4.58. The first-order valence-electron chi connectivity index (χ1n) is 4.76. The minimum atomic E-state index is -0.279. The summed E-state index contributed by atoms with van der Waals surface area (Å²) in [6.45, 7) is 6.88. The van der Waals surface area contributed by atoms with E-state index in [9.17, 15) is 4.79 Å². The van der Waals surface area contributed by atoms with Gasteiger partial charge < -0.3 is 14.2 Å². The van der Waals surface area contributed by atoms with Crippen LogP contribution >= 0.6 is 0 Å². The number of carbonyl (C=O) groups is 1. The van der Waals surface area contributed by atoms with Crippen LogP contribution in [0.4, 0.5) is 0 Å². The molecule has 0 spiro atoms. The monoisotopic (exact) mass is 202 g/mol. The predicted molar refractivity (Wildman–Crippen MR) is 50.7 cm³/mol. The fraction of sp³-hybridized carbons (Fsp3) is 0.900. The molecule has 0 aliphatic carbocycles. The lowest BCUT2D eigenvalue weighted by molar-refractivity contribution is -0.243. The average molecular weight is 202 g/mol. The topological polar surface area (TPSA) is 44.8 Å². The first-order valence-corrected chi connectivity index (χ1v) is 4.76. The van der Waals surface area contributed by atoms with E-state index in [4.69, 9.17) is 9.47 Å². The normalized spacial score (nSPS) is 28.6. The van der Waals surface area contributed by atoms with Gasteiger partial charge in [-0.15, -0.1) is 0 Å². The van der Waals surface area contributed by atoms with Crippen LogP contribution in [-0.2, 0) is 19.0 Å². The van der Waals surface area contributed by atoms with Gasteiger partial charge in [-0.2, -0.15) is 0 Å². The van der Waals surface area contributed by atoms with E-state index in [0.717, 1.165) is 0 Å². The van der Waals surface area contributed by atoms with Gasteiger partial charge in [0, 0.05) is 5.41 Å². The Labute approximate surface area is 84.5 Å². The lowest BCUT2D eigenvalue weighted by Gasteiger charge is -2.35. The molecule has 82 valence electrons. The SMILES string of the molecule is COC(=O)C1COC(C(C)(C)C)OC1. The summed E-state index contributed by atoms with van der Waals surface area (Å²) >= 11 is 0. The number of hydrogen-bond donors (Lipinski definition) is 0. The van der Waals surface area contributed by atoms with E-state index in [2.05, 4.69) is 4.74 Å². The molecule has 0 aromatic carbocycles. The van der Waals surface area contributed by atoms with Gasteiger partial charge in [0.1, 0.15) is 5.92 Å². The highest BCUT2D eigenvalue weighted by Crippen LogP contribution is 2.27. The zero-order chi connectivity index (χ0) is 10.8. The minimum absolute atomic E-state index is 0.0545. The molecule has 0 aromatic heterocycles. The highest BCUT2D eigenvalue weighted by atomic mass is 16.7. The fourth-order valence-electron chi connectivity index (χ4n) is 1.31. The Morgan fingerprint density at radius 1 is 1.29 bits per heavy atom. The number of methoxy groups -OCH3 is 1. The summed E-state index contributed by atoms with van der Waals surface area (Å²) in [6, 6.07) is 0. The van der Waals surface area contributed by atoms with Crippen LogP contribution in [0.1, 0.15) is 20.8 Å². The van der Waals surface area contributed by atoms with E-state index in [-0.39, 0.29) is 23.6 Å². The summed E-state index contributed by atoms with van der Waals surface area (Å²) in [6.07, 6.45) is -0.233. The average Bonchev–Trinajstić information content (AvgIpc) is 2.15. The highest BCUT2D eigenvalue weighted by Gasteiger charge is 2.34. The van der Waals surface area contributed by atoms with Crippen molar-refractivity contribution in [2.24, 2.45) is 11.3 Å². The van der Waals surface area contributed by atoms with Gasteiger partial charge in [-0.25, -0.2) is 0 Å². The van der Waals surface area contributed by atoms with E-state index < -0.39 is 0 Å². The van der Waals surface area contributed by atoms with E-state index >= 15 is 0 Å². The van der Waals surface area contributed by atoms with Crippen molar-refractivity contribution in [2.45, 2.75) is 27.1 Å². The molecule has 0 atom stereocenters. The van der Waals surface area contributed by atoms with Gasteiger partial charge in [0.25, 0.3) is 0 Å². The van der Waals surface area contributed by atoms with E-state index in [0.29, 0.717) is 13.2 Å². The fourth-order valence-corrected chi connectivity index (χ4v) is 1.31. The maximum absolute atomic E-state index is 11.1. The first-order chi connectivity index (χ1) is 6.45. The second kappa shape index (κ2) is 4.28. The number of hydrogen-bond acceptors (Lipinski definition) is 4. The molecule has 1 heterocycles. The van der Waals surface area contributed by atoms with Crippen molar-refractivity contribution in [1.29, 1.82) is 0 Å². The molecule has 1 aliphatic heterocycles. The molecule has 4 heteroatoms. The largest absolute Gasteiger partial charge is 0.469 e. The van der Waals surface area contributed by atoms with Crippen molar-refractivity contribution in [3.8, 4) is 0 Å². The first kappa shape index (κ1) is 11.5. The molecule has 0 saturated carbocycles. The third-order valence-corrected chi connectivity index (χ3v) is 2.14. The smallest absolute Gasteiger partial charge is 0.313 e. The van der Waals surface area contributed by atoms with E-state index in [1.165, 1.54) is 7.11 Å². The van der Waals surface area contributed by atoms with Gasteiger partial charge >= 0.3 is 5.97 Å². The van der Waals surface area contributed by atoms with E-state index in [1.54, 1.807) is 0 Å². The Balaban J connectivity index is 2.43. The van der Waals surface area contributed by atoms with Crippen LogP contribution in [0.3, 0.4) is 0 Å². The van der Waals surface area contributed by atoms with Gasteiger partial charge in [-0.3, -0.25) is 4.79 Å². The van der Waals surface area contributed by atoms with Crippen molar-refractivity contribution in [3.05, 3.63) is 0 Å². The number of carbonyl (C=O) groups excluding carboxylic acids is 1. The number of rotatable bonds is 1. The molecule has 0 aromatic rings. The summed E-state index contributed by atoms with van der Waals surface area (Å²) < 4.78 is 15.5. The van der Waals surface area contributed by atoms with Crippen molar-refractivity contribution < 1.29 is 19.0 Å². The van der Waals surface area contributed by atoms with Crippen molar-refractivity contribution >= 4 is 5.97 Å². The lowest BCUT2D eigenvalue weighted by Crippen LogP contribution is -2.42. The van der Waals surface area contributed by atoms with Crippen molar-refractivity contribution in [2.75, 3.05) is 20.3 Å². The third-order valence-electron chi connectivity index (χ3n) is 2.14. The highest BCUT2D eigenvalue weighted by molar-refractivity contribution is 5.72. The van der Waals surface area contributed by atoms with Crippen LogP contribution in [0.2, 0.25) is 0 Å². The van der Waals surface area contributed by atoms with E-state index in [1.807, 2.05) is 20.8 Å². The van der Waals surface area contributed by atoms with Crippen LogP contribution in [0.15, 0.2) is 0 Å². The van der Waals surface area contributed by atoms with Crippen LogP contribution in [0, 0.1) is 11.3 Å². The molecule has 14 heavy (non-hydrogen) atoms. The molecule has 4 nitrogen and oxygen atoms in total. The van der Waals surface area contributed by atoms with Crippen LogP contribution in [0.25, 0.3) is 0 Å². The van der Waals surface area contributed by atoms with Crippen LogP contribution < -0.4 is 0 Å². The zero-order valence-corrected chi connectivity index (χ0v) is 9.20. The Bertz CT molecular complexity index is 199. The Hall–Kier alpha value is -0.610. The van der Waals surface area contributed by atoms with Gasteiger partial charge in [0.15, 0.2) is 6.29 Å². The summed E-state index contributed by atoms with van der Waals surface area (Å²) in [7, 11) is 1.37. The molecule has 0 radical (unpaired) electrons. The third kappa shape index (κ3) is 2.69. The van der Waals surface area contributed by atoms with Gasteiger partial charge in [-0.05, 0) is 0 Å². The molecule has 0 N–H and O–H groups in total. The standard InChI is InChI=1S/C10H18O4/c1-10(2,3)9-13-5-7(6-14-9)8(11)12-4/h7,9H,5-6H2,1-4H3. The quantitative estimate of drug-likeness (QED) is 0.599. The lowest BCUT2D eigenvalue weighted by atomic mass is 9.95. The summed E-state index contributed by atoms with van der Waals surface area (Å²) in [5, 5.41) is 0. The molecular weight excluding hydrogens is 184 g/mol. The Morgan fingerprint density at radius 2 is 1.79 bits per heavy atom. The molecule has 1 rings (SSSR count). The Morgan fingerprint density at radius 3 is 2.14 bits per heavy atom. The summed E-state index contributed by atoms with van der Waals surface area (Å²) in [5.74, 6) is -0.545. The maximum Gasteiger partial charge on any atom is 0.313 e. The molecular formula is C10H18O4. The van der Waals surface area contributed by atoms with Crippen LogP contribution in [-0.4, -0.2) is 32.6 Å². The zero-order valence-electron chi connectivity index (χ0n) is 9.20. The summed E-state index contributed by atoms with van der Waals surface area (Å²) in [5.41, 5.74) is -0.0545. The summed E-state index contributed by atoms with van der Waals surface area (Å²) in [4.78, 5) is 11.1. The predicted octanol–water partition coefficient (Wildman–Crippen LogP) is 1.19. The molecule has 1 fully saturated rings. The van der Waals surface area contributed by atoms with Crippen molar-refractivity contribution in [3.63, 3.8) is 0 Å². The maximum atomic E-state index is 11.1. The van der Waals surface area contributed by atoms with Crippen LogP contribution in [0.5, 0.6) is 0 Å². The van der Waals surface area contributed by atoms with Gasteiger partial charge in [-0.1, -0.05) is 20.8 Å². The molecule has 0 bridgehead atoms.